The van der Waals surface area contributed by atoms with Crippen LogP contribution in [0, 0.1) is 0 Å². The van der Waals surface area contributed by atoms with Crippen molar-refractivity contribution in [2.24, 2.45) is 0 Å². The summed E-state index contributed by atoms with van der Waals surface area (Å²) < 4.78 is 53.0. The Morgan fingerprint density at radius 2 is 1.75 bits per heavy atom. The molecule has 8 nitrogen and oxygen atoms in total. The quantitative estimate of drug-likeness (QED) is 0.642. The number of carboxylic acids is 1. The van der Waals surface area contributed by atoms with Crippen molar-refractivity contribution < 1.29 is 26.7 Å². The Balaban J connectivity index is 2.15. The van der Waals surface area contributed by atoms with E-state index >= 15 is 0 Å². The van der Waals surface area contributed by atoms with Crippen LogP contribution in [0.5, 0.6) is 0 Å². The molecule has 0 saturated carbocycles. The van der Waals surface area contributed by atoms with Crippen LogP contribution < -0.4 is 4.72 Å². The second kappa shape index (κ2) is 7.60. The zero-order valence-electron chi connectivity index (χ0n) is 13.0. The highest BCUT2D eigenvalue weighted by atomic mass is 32.2. The molecule has 0 bridgehead atoms. The average molecular weight is 376 g/mol. The number of nitrogens with one attached hydrogen (secondary N) is 1. The molecule has 0 unspecified atom stereocenters. The van der Waals surface area contributed by atoms with E-state index in [0.29, 0.717) is 13.1 Å². The first-order chi connectivity index (χ1) is 11.2. The van der Waals surface area contributed by atoms with Gasteiger partial charge in [0.25, 0.3) is 0 Å². The van der Waals surface area contributed by atoms with Crippen LogP contribution in [-0.2, 0) is 24.8 Å². The fourth-order valence-electron chi connectivity index (χ4n) is 2.41. The molecule has 1 aromatic rings. The van der Waals surface area contributed by atoms with Gasteiger partial charge in [0.05, 0.1) is 9.79 Å². The van der Waals surface area contributed by atoms with Crippen LogP contribution >= 0.6 is 0 Å². The van der Waals surface area contributed by atoms with Crippen molar-refractivity contribution in [3.05, 3.63) is 24.3 Å². The van der Waals surface area contributed by atoms with Crippen molar-refractivity contribution in [3.8, 4) is 0 Å². The van der Waals surface area contributed by atoms with Gasteiger partial charge in [0.1, 0.15) is 0 Å². The van der Waals surface area contributed by atoms with Crippen molar-refractivity contribution >= 4 is 26.0 Å². The van der Waals surface area contributed by atoms with Gasteiger partial charge in [-0.05, 0) is 37.5 Å². The molecule has 2 N–H and O–H groups in total. The van der Waals surface area contributed by atoms with E-state index in [4.69, 9.17) is 5.11 Å². The second-order valence-electron chi connectivity index (χ2n) is 5.48. The van der Waals surface area contributed by atoms with Crippen LogP contribution in [-0.4, -0.2) is 51.9 Å². The van der Waals surface area contributed by atoms with E-state index in [2.05, 4.69) is 4.72 Å². The summed E-state index contributed by atoms with van der Waals surface area (Å²) in [6, 6.07) is 5.20. The first-order valence-corrected chi connectivity index (χ1v) is 10.5. The molecule has 1 heterocycles. The topological polar surface area (TPSA) is 121 Å². The lowest BCUT2D eigenvalue weighted by Crippen LogP contribution is -2.29. The molecule has 2 rings (SSSR count). The molecule has 0 radical (unpaired) electrons. The SMILES string of the molecule is O=C(O)CCCNS(=O)(=O)c1cccc(S(=O)(=O)N2CCCC2)c1. The molecule has 24 heavy (non-hydrogen) atoms. The molecule has 0 aromatic heterocycles. The van der Waals surface area contributed by atoms with Crippen molar-refractivity contribution in [1.82, 2.24) is 9.03 Å². The number of nitrogens with zero attached hydrogens (tertiary/aromatic N) is 1. The van der Waals surface area contributed by atoms with E-state index in [-0.39, 0.29) is 29.2 Å². The summed E-state index contributed by atoms with van der Waals surface area (Å²) >= 11 is 0. The van der Waals surface area contributed by atoms with E-state index in [1.165, 1.54) is 22.5 Å². The Morgan fingerprint density at radius 3 is 2.38 bits per heavy atom. The third-order valence-corrected chi connectivity index (χ3v) is 7.03. The van der Waals surface area contributed by atoms with Crippen LogP contribution in [0.4, 0.5) is 0 Å². The highest BCUT2D eigenvalue weighted by Crippen LogP contribution is 2.22. The van der Waals surface area contributed by atoms with E-state index in [1.807, 2.05) is 0 Å². The number of sulfonamides is 2. The smallest absolute Gasteiger partial charge is 0.303 e. The van der Waals surface area contributed by atoms with Crippen molar-refractivity contribution in [1.29, 1.82) is 0 Å². The minimum absolute atomic E-state index is 0.0300. The lowest BCUT2D eigenvalue weighted by atomic mass is 10.3. The van der Waals surface area contributed by atoms with Crippen LogP contribution in [0.2, 0.25) is 0 Å². The molecule has 1 fully saturated rings. The minimum atomic E-state index is -3.89. The van der Waals surface area contributed by atoms with Gasteiger partial charge >= 0.3 is 5.97 Å². The third-order valence-electron chi connectivity index (χ3n) is 3.68. The van der Waals surface area contributed by atoms with Gasteiger partial charge in [-0.25, -0.2) is 21.6 Å². The monoisotopic (exact) mass is 376 g/mol. The van der Waals surface area contributed by atoms with Gasteiger partial charge in [-0.2, -0.15) is 4.31 Å². The standard InChI is InChI=1S/C14H20N2O6S2/c17-14(18)7-4-8-15-23(19,20)12-5-3-6-13(11-12)24(21,22)16-9-1-2-10-16/h3,5-6,11,15H,1-2,4,7-10H2,(H,17,18). The van der Waals surface area contributed by atoms with Crippen molar-refractivity contribution in [2.75, 3.05) is 19.6 Å². The highest BCUT2D eigenvalue weighted by Gasteiger charge is 2.28. The maximum atomic E-state index is 12.5. The largest absolute Gasteiger partial charge is 0.481 e. The van der Waals surface area contributed by atoms with Gasteiger partial charge in [0.2, 0.25) is 20.0 Å². The molecule has 1 aliphatic heterocycles. The van der Waals surface area contributed by atoms with Crippen LogP contribution in [0.3, 0.4) is 0 Å². The summed E-state index contributed by atoms with van der Waals surface area (Å²) in [7, 11) is -7.58. The minimum Gasteiger partial charge on any atom is -0.481 e. The zero-order valence-corrected chi connectivity index (χ0v) is 14.6. The molecule has 0 atom stereocenters. The zero-order chi connectivity index (χ0) is 17.8. The Labute approximate surface area is 141 Å². The maximum Gasteiger partial charge on any atom is 0.303 e. The summed E-state index contributed by atoms with van der Waals surface area (Å²) in [5, 5.41) is 8.54. The Bertz CT molecular complexity index is 798. The predicted molar refractivity (Wildman–Crippen MR) is 86.5 cm³/mol. The van der Waals surface area contributed by atoms with Gasteiger partial charge in [0.15, 0.2) is 0 Å². The highest BCUT2D eigenvalue weighted by molar-refractivity contribution is 7.90. The normalized spacial score (nSPS) is 16.3. The first kappa shape index (κ1) is 18.8. The fourth-order valence-corrected chi connectivity index (χ4v) is 5.17. The number of rotatable bonds is 8. The summed E-state index contributed by atoms with van der Waals surface area (Å²) in [5.41, 5.74) is 0. The molecule has 10 heteroatoms. The summed E-state index contributed by atoms with van der Waals surface area (Å²) in [6.45, 7) is 0.844. The molecular weight excluding hydrogens is 356 g/mol. The Kier molecular flexibility index (Phi) is 5.97. The van der Waals surface area contributed by atoms with E-state index in [1.54, 1.807) is 0 Å². The van der Waals surface area contributed by atoms with Crippen molar-refractivity contribution in [2.45, 2.75) is 35.5 Å². The predicted octanol–water partition coefficient (Wildman–Crippen LogP) is 0.614. The number of aliphatic carboxylic acids is 1. The molecule has 134 valence electrons. The molecule has 0 amide bonds. The number of carboxylic acid groups (broad SMARTS) is 1. The lowest BCUT2D eigenvalue weighted by molar-refractivity contribution is -0.137. The van der Waals surface area contributed by atoms with Crippen LogP contribution in [0.15, 0.2) is 34.1 Å². The molecule has 0 spiro atoms. The molecule has 1 aromatic carbocycles. The van der Waals surface area contributed by atoms with Gasteiger partial charge in [-0.15, -0.1) is 0 Å². The Hall–Kier alpha value is -1.49. The summed E-state index contributed by atoms with van der Waals surface area (Å²) in [4.78, 5) is 10.2. The van der Waals surface area contributed by atoms with Gasteiger partial charge in [-0.3, -0.25) is 4.79 Å². The first-order valence-electron chi connectivity index (χ1n) is 7.55. The Morgan fingerprint density at radius 1 is 1.12 bits per heavy atom. The average Bonchev–Trinajstić information content (AvgIpc) is 3.07. The lowest BCUT2D eigenvalue weighted by Gasteiger charge is -2.16. The fraction of sp³-hybridized carbons (Fsp3) is 0.500. The van der Waals surface area contributed by atoms with Gasteiger partial charge < -0.3 is 5.11 Å². The maximum absolute atomic E-state index is 12.5. The summed E-state index contributed by atoms with van der Waals surface area (Å²) in [6.07, 6.45) is 1.59. The van der Waals surface area contributed by atoms with Gasteiger partial charge in [-0.1, -0.05) is 6.07 Å². The van der Waals surface area contributed by atoms with Crippen LogP contribution in [0.1, 0.15) is 25.7 Å². The molecular formula is C14H20N2O6S2. The number of hydrogen-bond acceptors (Lipinski definition) is 5. The van der Waals surface area contributed by atoms with E-state index in [0.717, 1.165) is 18.9 Å². The van der Waals surface area contributed by atoms with Gasteiger partial charge in [0, 0.05) is 26.1 Å². The van der Waals surface area contributed by atoms with Crippen molar-refractivity contribution in [3.63, 3.8) is 0 Å². The number of benzene rings is 1. The number of carbonyl (C=O) groups is 1. The second-order valence-corrected chi connectivity index (χ2v) is 9.19. The molecule has 1 aliphatic rings. The number of hydrogen-bond donors (Lipinski definition) is 2. The van der Waals surface area contributed by atoms with E-state index < -0.39 is 26.0 Å². The molecule has 0 aliphatic carbocycles. The molecule has 1 saturated heterocycles. The van der Waals surface area contributed by atoms with Crippen LogP contribution in [0.25, 0.3) is 0 Å². The van der Waals surface area contributed by atoms with E-state index in [9.17, 15) is 21.6 Å². The third kappa shape index (κ3) is 4.53. The summed E-state index contributed by atoms with van der Waals surface area (Å²) in [5.74, 6) is -1.01.